The summed E-state index contributed by atoms with van der Waals surface area (Å²) in [5, 5.41) is 10.2. The summed E-state index contributed by atoms with van der Waals surface area (Å²) >= 11 is 0. The fraction of sp³-hybridized carbons (Fsp3) is 0.385. The largest absolute Gasteiger partial charge is 0.465 e. The van der Waals surface area contributed by atoms with Gasteiger partial charge in [0.15, 0.2) is 0 Å². The van der Waals surface area contributed by atoms with Crippen LogP contribution < -0.4 is 0 Å². The van der Waals surface area contributed by atoms with Gasteiger partial charge < -0.3 is 14.4 Å². The van der Waals surface area contributed by atoms with E-state index in [0.717, 1.165) is 65.0 Å². The van der Waals surface area contributed by atoms with E-state index in [-0.39, 0.29) is 12.5 Å². The SMILES string of the molecule is CC1C/C(=C/c2ccco2)c2nc3ccccc3c(C(=O)N3CCN(CCO)CC3)c2C1. The van der Waals surface area contributed by atoms with Crippen LogP contribution >= 0.6 is 0 Å². The van der Waals surface area contributed by atoms with E-state index in [2.05, 4.69) is 17.9 Å². The number of carbonyl (C=O) groups excluding carboxylic acids is 1. The van der Waals surface area contributed by atoms with E-state index in [1.807, 2.05) is 41.3 Å². The maximum absolute atomic E-state index is 13.9. The number of carbonyl (C=O) groups is 1. The van der Waals surface area contributed by atoms with E-state index in [1.165, 1.54) is 0 Å². The normalized spacial score (nSPS) is 20.6. The molecule has 0 radical (unpaired) electrons. The molecule has 3 heterocycles. The second-order valence-electron chi connectivity index (χ2n) is 8.89. The predicted octanol–water partition coefficient (Wildman–Crippen LogP) is 3.70. The molecule has 5 rings (SSSR count). The van der Waals surface area contributed by atoms with Crippen LogP contribution in [0.3, 0.4) is 0 Å². The lowest BCUT2D eigenvalue weighted by Gasteiger charge is -2.35. The van der Waals surface area contributed by atoms with Crippen molar-refractivity contribution in [3.63, 3.8) is 0 Å². The number of hydrogen-bond acceptors (Lipinski definition) is 5. The number of fused-ring (bicyclic) bond motifs is 2. The highest BCUT2D eigenvalue weighted by Crippen LogP contribution is 2.39. The van der Waals surface area contributed by atoms with Gasteiger partial charge in [-0.1, -0.05) is 25.1 Å². The summed E-state index contributed by atoms with van der Waals surface area (Å²) in [6.45, 7) is 5.97. The number of benzene rings is 1. The molecule has 1 unspecified atom stereocenters. The van der Waals surface area contributed by atoms with Gasteiger partial charge in [0.05, 0.1) is 29.6 Å². The number of aliphatic hydroxyl groups excluding tert-OH is 1. The van der Waals surface area contributed by atoms with E-state index in [9.17, 15) is 9.90 Å². The number of para-hydroxylation sites is 1. The van der Waals surface area contributed by atoms with Crippen molar-refractivity contribution in [1.29, 1.82) is 0 Å². The Morgan fingerprint density at radius 1 is 1.16 bits per heavy atom. The first kappa shape index (κ1) is 20.9. The molecular weight excluding hydrogens is 402 g/mol. The number of β-amino-alcohol motifs (C(OH)–C–C–N with tert-alkyl or cyclic N) is 1. The molecule has 0 saturated carbocycles. The number of pyridine rings is 1. The molecule has 3 aromatic rings. The summed E-state index contributed by atoms with van der Waals surface area (Å²) in [4.78, 5) is 23.1. The number of hydrogen-bond donors (Lipinski definition) is 1. The number of amides is 1. The average Bonchev–Trinajstić information content (AvgIpc) is 3.31. The topological polar surface area (TPSA) is 69.8 Å². The molecule has 6 heteroatoms. The highest BCUT2D eigenvalue weighted by Gasteiger charge is 2.31. The fourth-order valence-electron chi connectivity index (χ4n) is 5.00. The number of allylic oxidation sites excluding steroid dienone is 1. The van der Waals surface area contributed by atoms with E-state index >= 15 is 0 Å². The van der Waals surface area contributed by atoms with Crippen LogP contribution in [0.15, 0.2) is 47.1 Å². The van der Waals surface area contributed by atoms with Crippen molar-refractivity contribution in [2.24, 2.45) is 5.92 Å². The standard InChI is InChI=1S/C26H29N3O3/c1-18-15-19(17-20-5-4-14-32-20)25-22(16-18)24(21-6-2-3-7-23(21)27-25)26(31)29-10-8-28(9-11-29)12-13-30/h2-7,14,17-18,30H,8-13,15-16H2,1H3/b19-17-. The van der Waals surface area contributed by atoms with Gasteiger partial charge in [-0.2, -0.15) is 0 Å². The Labute approximate surface area is 188 Å². The summed E-state index contributed by atoms with van der Waals surface area (Å²) in [6.07, 6.45) is 5.50. The van der Waals surface area contributed by atoms with E-state index in [4.69, 9.17) is 9.40 Å². The summed E-state index contributed by atoms with van der Waals surface area (Å²) in [6, 6.07) is 11.8. The zero-order valence-electron chi connectivity index (χ0n) is 18.5. The number of aromatic nitrogens is 1. The van der Waals surface area contributed by atoms with Crippen LogP contribution in [0.5, 0.6) is 0 Å². The molecule has 1 N–H and O–H groups in total. The van der Waals surface area contributed by atoms with Crippen molar-refractivity contribution < 1.29 is 14.3 Å². The smallest absolute Gasteiger partial charge is 0.254 e. The van der Waals surface area contributed by atoms with Crippen LogP contribution in [0.4, 0.5) is 0 Å². The second-order valence-corrected chi connectivity index (χ2v) is 8.89. The van der Waals surface area contributed by atoms with Gasteiger partial charge in [0.2, 0.25) is 0 Å². The third kappa shape index (κ3) is 3.96. The van der Waals surface area contributed by atoms with E-state index < -0.39 is 0 Å². The van der Waals surface area contributed by atoms with Crippen LogP contribution in [0.1, 0.15) is 40.7 Å². The molecule has 0 spiro atoms. The fourth-order valence-corrected chi connectivity index (χ4v) is 5.00. The van der Waals surface area contributed by atoms with Crippen LogP contribution in [0.2, 0.25) is 0 Å². The Bertz CT molecular complexity index is 1140. The van der Waals surface area contributed by atoms with Gasteiger partial charge >= 0.3 is 0 Å². The zero-order valence-corrected chi connectivity index (χ0v) is 18.5. The highest BCUT2D eigenvalue weighted by atomic mass is 16.3. The van der Waals surface area contributed by atoms with Crippen LogP contribution in [0, 0.1) is 5.92 Å². The molecule has 2 aromatic heterocycles. The number of piperazine rings is 1. The summed E-state index contributed by atoms with van der Waals surface area (Å²) in [7, 11) is 0. The maximum Gasteiger partial charge on any atom is 0.254 e. The first-order valence-electron chi connectivity index (χ1n) is 11.4. The lowest BCUT2D eigenvalue weighted by atomic mass is 9.80. The monoisotopic (exact) mass is 431 g/mol. The Hall–Kier alpha value is -2.96. The van der Waals surface area contributed by atoms with Crippen molar-refractivity contribution >= 4 is 28.5 Å². The first-order chi connectivity index (χ1) is 15.6. The minimum atomic E-state index is 0.0925. The van der Waals surface area contributed by atoms with Crippen molar-refractivity contribution in [3.05, 3.63) is 65.2 Å². The molecular formula is C26H29N3O3. The number of rotatable bonds is 4. The van der Waals surface area contributed by atoms with Gasteiger partial charge in [-0.25, -0.2) is 4.98 Å². The second kappa shape index (κ2) is 8.88. The minimum absolute atomic E-state index is 0.0925. The summed E-state index contributed by atoms with van der Waals surface area (Å²) < 4.78 is 5.57. The molecule has 1 saturated heterocycles. The molecule has 0 bridgehead atoms. The van der Waals surface area contributed by atoms with E-state index in [0.29, 0.717) is 25.6 Å². The molecule has 6 nitrogen and oxygen atoms in total. The Morgan fingerprint density at radius 3 is 2.72 bits per heavy atom. The number of nitrogens with zero attached hydrogens (tertiary/aromatic N) is 3. The average molecular weight is 432 g/mol. The predicted molar refractivity (Wildman–Crippen MR) is 125 cm³/mol. The number of aliphatic hydroxyl groups is 1. The quantitative estimate of drug-likeness (QED) is 0.682. The molecule has 1 aliphatic carbocycles. The number of furan rings is 1. The molecule has 1 fully saturated rings. The van der Waals surface area contributed by atoms with Gasteiger partial charge in [0.1, 0.15) is 5.76 Å². The molecule has 1 amide bonds. The maximum atomic E-state index is 13.9. The van der Waals surface area contributed by atoms with Crippen molar-refractivity contribution in [2.45, 2.75) is 19.8 Å². The highest BCUT2D eigenvalue weighted by molar-refractivity contribution is 6.09. The summed E-state index contributed by atoms with van der Waals surface area (Å²) in [5.41, 5.74) is 4.77. The Balaban J connectivity index is 1.60. The van der Waals surface area contributed by atoms with Gasteiger partial charge in [-0.15, -0.1) is 0 Å². The molecule has 32 heavy (non-hydrogen) atoms. The summed E-state index contributed by atoms with van der Waals surface area (Å²) in [5.74, 6) is 1.32. The first-order valence-corrected chi connectivity index (χ1v) is 11.4. The molecule has 166 valence electrons. The van der Waals surface area contributed by atoms with Crippen LogP contribution in [-0.4, -0.2) is 65.1 Å². The van der Waals surface area contributed by atoms with Crippen molar-refractivity contribution in [3.8, 4) is 0 Å². The Kier molecular flexibility index (Phi) is 5.81. The lowest BCUT2D eigenvalue weighted by molar-refractivity contribution is 0.0615. The minimum Gasteiger partial charge on any atom is -0.465 e. The van der Waals surface area contributed by atoms with Crippen molar-refractivity contribution in [1.82, 2.24) is 14.8 Å². The molecule has 2 aliphatic rings. The Morgan fingerprint density at radius 2 is 1.97 bits per heavy atom. The van der Waals surface area contributed by atoms with Gasteiger partial charge in [-0.05, 0) is 54.2 Å². The third-order valence-corrected chi connectivity index (χ3v) is 6.57. The van der Waals surface area contributed by atoms with Crippen LogP contribution in [-0.2, 0) is 6.42 Å². The molecule has 1 aliphatic heterocycles. The van der Waals surface area contributed by atoms with Crippen molar-refractivity contribution in [2.75, 3.05) is 39.3 Å². The van der Waals surface area contributed by atoms with Gasteiger partial charge in [-0.3, -0.25) is 9.69 Å². The molecule has 1 atom stereocenters. The lowest BCUT2D eigenvalue weighted by Crippen LogP contribution is -2.49. The van der Waals surface area contributed by atoms with Crippen LogP contribution in [0.25, 0.3) is 22.6 Å². The third-order valence-electron chi connectivity index (χ3n) is 6.57. The van der Waals surface area contributed by atoms with Gasteiger partial charge in [0.25, 0.3) is 5.91 Å². The zero-order chi connectivity index (χ0) is 22.1. The van der Waals surface area contributed by atoms with Gasteiger partial charge in [0, 0.05) is 38.1 Å². The molecule has 1 aromatic carbocycles. The van der Waals surface area contributed by atoms with E-state index in [1.54, 1.807) is 6.26 Å².